The lowest BCUT2D eigenvalue weighted by atomic mass is 10.2. The van der Waals surface area contributed by atoms with E-state index < -0.39 is 0 Å². The number of nitrogens with zero attached hydrogens (tertiary/aromatic N) is 2. The van der Waals surface area contributed by atoms with Gasteiger partial charge in [-0.05, 0) is 44.2 Å². The van der Waals surface area contributed by atoms with E-state index in [-0.39, 0.29) is 17.9 Å². The van der Waals surface area contributed by atoms with Crippen LogP contribution in [0.2, 0.25) is 0 Å². The number of anilines is 1. The molecule has 0 bridgehead atoms. The highest BCUT2D eigenvalue weighted by atomic mass is 32.2. The summed E-state index contributed by atoms with van der Waals surface area (Å²) < 4.78 is 0. The third-order valence-electron chi connectivity index (χ3n) is 4.98. The molecule has 26 heavy (non-hydrogen) atoms. The molecule has 0 aromatic heterocycles. The third kappa shape index (κ3) is 5.46. The van der Waals surface area contributed by atoms with E-state index >= 15 is 0 Å². The van der Waals surface area contributed by atoms with E-state index in [9.17, 15) is 9.59 Å². The SMILES string of the molecule is CSc1cccc(NC(=O)CN2CCN([C@@H](C)C(=O)NC3CC3)CC2)c1. The Hall–Kier alpha value is -1.57. The van der Waals surface area contributed by atoms with Crippen LogP contribution in [0, 0.1) is 0 Å². The predicted octanol–water partition coefficient (Wildman–Crippen LogP) is 1.63. The van der Waals surface area contributed by atoms with Gasteiger partial charge < -0.3 is 10.6 Å². The quantitative estimate of drug-likeness (QED) is 0.708. The van der Waals surface area contributed by atoms with E-state index in [2.05, 4.69) is 20.4 Å². The molecule has 1 aliphatic heterocycles. The lowest BCUT2D eigenvalue weighted by Crippen LogP contribution is -2.55. The van der Waals surface area contributed by atoms with Crippen molar-refractivity contribution in [1.29, 1.82) is 0 Å². The third-order valence-corrected chi connectivity index (χ3v) is 5.70. The van der Waals surface area contributed by atoms with Gasteiger partial charge in [0, 0.05) is 42.8 Å². The van der Waals surface area contributed by atoms with Gasteiger partial charge in [0.15, 0.2) is 0 Å². The molecule has 1 aromatic rings. The molecule has 1 saturated heterocycles. The molecule has 3 rings (SSSR count). The lowest BCUT2D eigenvalue weighted by Gasteiger charge is -2.37. The fourth-order valence-electron chi connectivity index (χ4n) is 3.13. The molecule has 6 nitrogen and oxygen atoms in total. The first-order valence-corrected chi connectivity index (χ1v) is 10.5. The summed E-state index contributed by atoms with van der Waals surface area (Å²) in [5.41, 5.74) is 0.839. The summed E-state index contributed by atoms with van der Waals surface area (Å²) in [5.74, 6) is 0.142. The largest absolute Gasteiger partial charge is 0.352 e. The van der Waals surface area contributed by atoms with Crippen molar-refractivity contribution in [2.24, 2.45) is 0 Å². The number of carbonyl (C=O) groups is 2. The van der Waals surface area contributed by atoms with Crippen LogP contribution in [0.1, 0.15) is 19.8 Å². The summed E-state index contributed by atoms with van der Waals surface area (Å²) >= 11 is 1.66. The van der Waals surface area contributed by atoms with E-state index in [1.54, 1.807) is 11.8 Å². The van der Waals surface area contributed by atoms with E-state index in [1.165, 1.54) is 0 Å². The molecule has 0 radical (unpaired) electrons. The van der Waals surface area contributed by atoms with Crippen LogP contribution in [0.25, 0.3) is 0 Å². The molecule has 2 fully saturated rings. The van der Waals surface area contributed by atoms with Crippen molar-refractivity contribution >= 4 is 29.3 Å². The van der Waals surface area contributed by atoms with Gasteiger partial charge in [-0.25, -0.2) is 0 Å². The Labute approximate surface area is 159 Å². The van der Waals surface area contributed by atoms with Crippen molar-refractivity contribution in [3.8, 4) is 0 Å². The van der Waals surface area contributed by atoms with Crippen LogP contribution in [0.5, 0.6) is 0 Å². The van der Waals surface area contributed by atoms with Gasteiger partial charge in [-0.2, -0.15) is 0 Å². The summed E-state index contributed by atoms with van der Waals surface area (Å²) in [6, 6.07) is 8.19. The van der Waals surface area contributed by atoms with Crippen LogP contribution in [0.3, 0.4) is 0 Å². The predicted molar refractivity (Wildman–Crippen MR) is 105 cm³/mol. The Bertz CT molecular complexity index is 642. The second kappa shape index (κ2) is 8.88. The lowest BCUT2D eigenvalue weighted by molar-refractivity contribution is -0.127. The van der Waals surface area contributed by atoms with E-state index in [0.717, 1.165) is 49.6 Å². The van der Waals surface area contributed by atoms with Crippen molar-refractivity contribution in [3.63, 3.8) is 0 Å². The van der Waals surface area contributed by atoms with Gasteiger partial charge >= 0.3 is 0 Å². The summed E-state index contributed by atoms with van der Waals surface area (Å²) in [5, 5.41) is 6.04. The molecule has 1 heterocycles. The van der Waals surface area contributed by atoms with Crippen LogP contribution in [-0.4, -0.2) is 72.7 Å². The van der Waals surface area contributed by atoms with Gasteiger partial charge in [0.05, 0.1) is 12.6 Å². The molecule has 0 unspecified atom stereocenters. The number of nitrogens with one attached hydrogen (secondary N) is 2. The van der Waals surface area contributed by atoms with Crippen molar-refractivity contribution in [2.75, 3.05) is 44.3 Å². The van der Waals surface area contributed by atoms with Crippen LogP contribution in [0.4, 0.5) is 5.69 Å². The zero-order valence-corrected chi connectivity index (χ0v) is 16.3. The number of piperazine rings is 1. The van der Waals surface area contributed by atoms with Gasteiger partial charge in [0.25, 0.3) is 0 Å². The summed E-state index contributed by atoms with van der Waals surface area (Å²) in [7, 11) is 0. The van der Waals surface area contributed by atoms with Gasteiger partial charge in [-0.15, -0.1) is 11.8 Å². The van der Waals surface area contributed by atoms with Gasteiger partial charge in [0.2, 0.25) is 11.8 Å². The molecule has 7 heteroatoms. The van der Waals surface area contributed by atoms with Gasteiger partial charge in [-0.3, -0.25) is 19.4 Å². The number of rotatable bonds is 7. The summed E-state index contributed by atoms with van der Waals surface area (Å²) in [6.45, 7) is 5.60. The molecule has 2 N–H and O–H groups in total. The maximum atomic E-state index is 12.3. The standard InChI is InChI=1S/C19H28N4O2S/c1-14(19(25)21-15-6-7-15)23-10-8-22(9-11-23)13-18(24)20-16-4-3-5-17(12-16)26-2/h3-5,12,14-15H,6-11,13H2,1-2H3,(H,20,24)(H,21,25)/t14-/m0/s1. The molecule has 2 aliphatic rings. The minimum atomic E-state index is -0.0964. The van der Waals surface area contributed by atoms with E-state index in [1.807, 2.05) is 37.4 Å². The van der Waals surface area contributed by atoms with Crippen molar-refractivity contribution in [3.05, 3.63) is 24.3 Å². The topological polar surface area (TPSA) is 64.7 Å². The second-order valence-electron chi connectivity index (χ2n) is 7.05. The number of hydrogen-bond acceptors (Lipinski definition) is 5. The first-order chi connectivity index (χ1) is 12.5. The van der Waals surface area contributed by atoms with Crippen molar-refractivity contribution in [1.82, 2.24) is 15.1 Å². The average Bonchev–Trinajstić information content (AvgIpc) is 3.45. The fourth-order valence-corrected chi connectivity index (χ4v) is 3.59. The fraction of sp³-hybridized carbons (Fsp3) is 0.579. The molecule has 142 valence electrons. The van der Waals surface area contributed by atoms with Gasteiger partial charge in [0.1, 0.15) is 0 Å². The number of benzene rings is 1. The number of amides is 2. The molecule has 1 atom stereocenters. The zero-order chi connectivity index (χ0) is 18.5. The Balaban J connectivity index is 1.41. The molecule has 0 spiro atoms. The Morgan fingerprint density at radius 2 is 1.96 bits per heavy atom. The highest BCUT2D eigenvalue weighted by molar-refractivity contribution is 7.98. The first-order valence-electron chi connectivity index (χ1n) is 9.26. The molecule has 1 aromatic carbocycles. The molecule has 2 amide bonds. The minimum Gasteiger partial charge on any atom is -0.352 e. The van der Waals surface area contributed by atoms with Crippen LogP contribution >= 0.6 is 11.8 Å². The normalized spacial score (nSPS) is 19.8. The highest BCUT2D eigenvalue weighted by Crippen LogP contribution is 2.20. The number of carbonyl (C=O) groups excluding carboxylic acids is 2. The van der Waals surface area contributed by atoms with E-state index in [0.29, 0.717) is 12.6 Å². The Morgan fingerprint density at radius 3 is 2.62 bits per heavy atom. The van der Waals surface area contributed by atoms with Crippen LogP contribution < -0.4 is 10.6 Å². The minimum absolute atomic E-state index is 0.0104. The zero-order valence-electron chi connectivity index (χ0n) is 15.5. The maximum absolute atomic E-state index is 12.3. The van der Waals surface area contributed by atoms with Crippen LogP contribution in [-0.2, 0) is 9.59 Å². The smallest absolute Gasteiger partial charge is 0.238 e. The molecule has 1 saturated carbocycles. The number of hydrogen-bond donors (Lipinski definition) is 2. The highest BCUT2D eigenvalue weighted by Gasteiger charge is 2.30. The van der Waals surface area contributed by atoms with E-state index in [4.69, 9.17) is 0 Å². The molecular weight excluding hydrogens is 348 g/mol. The first kappa shape index (κ1) is 19.2. The Kier molecular flexibility index (Phi) is 6.56. The molecular formula is C19H28N4O2S. The Morgan fingerprint density at radius 1 is 1.23 bits per heavy atom. The monoisotopic (exact) mass is 376 g/mol. The van der Waals surface area contributed by atoms with Crippen LogP contribution in [0.15, 0.2) is 29.2 Å². The van der Waals surface area contributed by atoms with Gasteiger partial charge in [-0.1, -0.05) is 6.07 Å². The molecule has 1 aliphatic carbocycles. The summed E-state index contributed by atoms with van der Waals surface area (Å²) in [6.07, 6.45) is 4.24. The maximum Gasteiger partial charge on any atom is 0.238 e. The average molecular weight is 377 g/mol. The van der Waals surface area contributed by atoms with Crippen molar-refractivity contribution < 1.29 is 9.59 Å². The second-order valence-corrected chi connectivity index (χ2v) is 7.93. The number of thioether (sulfide) groups is 1. The van der Waals surface area contributed by atoms with Crippen molar-refractivity contribution in [2.45, 2.75) is 36.7 Å². The summed E-state index contributed by atoms with van der Waals surface area (Å²) in [4.78, 5) is 30.0.